The maximum Gasteiger partial charge on any atom is 0.340 e. The molecule has 3 N–H and O–H groups in total. The van der Waals surface area contributed by atoms with Gasteiger partial charge in [0.25, 0.3) is 5.91 Å². The molecule has 1 amide bonds. The van der Waals surface area contributed by atoms with E-state index in [2.05, 4.69) is 21.2 Å². The summed E-state index contributed by atoms with van der Waals surface area (Å²) < 4.78 is 30.4. The van der Waals surface area contributed by atoms with E-state index >= 15 is 0 Å². The first-order chi connectivity index (χ1) is 17.5. The van der Waals surface area contributed by atoms with Gasteiger partial charge in [-0.15, -0.1) is 0 Å². The summed E-state index contributed by atoms with van der Waals surface area (Å²) in [7, 11) is 1.22. The molecule has 2 aromatic carbocycles. The molecule has 0 saturated carbocycles. The van der Waals surface area contributed by atoms with Crippen molar-refractivity contribution < 1.29 is 33.0 Å². The fourth-order valence-corrected chi connectivity index (χ4v) is 4.93. The highest BCUT2D eigenvalue weighted by Crippen LogP contribution is 2.50. The van der Waals surface area contributed by atoms with Gasteiger partial charge in [0.15, 0.2) is 12.4 Å². The molecule has 1 aliphatic heterocycles. The van der Waals surface area contributed by atoms with Gasteiger partial charge in [-0.1, -0.05) is 29.8 Å². The van der Waals surface area contributed by atoms with Crippen LogP contribution in [0.2, 0.25) is 0 Å². The predicted molar refractivity (Wildman–Crippen MR) is 137 cm³/mol. The number of hydrogen-bond donors (Lipinski definition) is 2. The minimum Gasteiger partial charge on any atom is -0.483 e. The summed E-state index contributed by atoms with van der Waals surface area (Å²) in [5.41, 5.74) is 6.99. The Morgan fingerprint density at radius 1 is 1.19 bits per heavy atom. The second-order valence-electron chi connectivity index (χ2n) is 9.61. The van der Waals surface area contributed by atoms with Crippen LogP contribution in [0.5, 0.6) is 5.75 Å². The lowest BCUT2D eigenvalue weighted by Gasteiger charge is -2.38. The van der Waals surface area contributed by atoms with Crippen LogP contribution in [0.3, 0.4) is 0 Å². The largest absolute Gasteiger partial charge is 0.483 e. The van der Waals surface area contributed by atoms with Gasteiger partial charge in [0, 0.05) is 34.1 Å². The normalized spacial score (nSPS) is 18.6. The van der Waals surface area contributed by atoms with E-state index in [4.69, 9.17) is 19.9 Å². The molecule has 1 atom stereocenters. The third-order valence-electron chi connectivity index (χ3n) is 6.13. The summed E-state index contributed by atoms with van der Waals surface area (Å²) in [5.74, 6) is -2.23. The number of Topliss-reactive ketones (excluding diaryl/α,β-unsaturated/α-hetero) is 1. The molecule has 0 spiro atoms. The van der Waals surface area contributed by atoms with Crippen LogP contribution >= 0.6 is 15.9 Å². The Kier molecular flexibility index (Phi) is 7.40. The number of nitrogens with one attached hydrogen (secondary N) is 1. The van der Waals surface area contributed by atoms with Gasteiger partial charge in [0.05, 0.1) is 13.0 Å². The molecule has 8 nitrogen and oxygen atoms in total. The number of ketones is 1. The number of methoxy groups -OCH3 is 1. The molecule has 0 radical (unpaired) electrons. The van der Waals surface area contributed by atoms with Gasteiger partial charge in [0.2, 0.25) is 5.88 Å². The molecule has 2 aromatic rings. The quantitative estimate of drug-likeness (QED) is 0.481. The van der Waals surface area contributed by atoms with Gasteiger partial charge in [-0.2, -0.15) is 0 Å². The first kappa shape index (κ1) is 26.4. The Morgan fingerprint density at radius 2 is 1.89 bits per heavy atom. The fourth-order valence-electron chi connectivity index (χ4n) is 4.55. The average molecular weight is 573 g/mol. The Morgan fingerprint density at radius 3 is 2.57 bits per heavy atom. The third kappa shape index (κ3) is 5.69. The van der Waals surface area contributed by atoms with Crippen molar-refractivity contribution in [1.82, 2.24) is 0 Å². The molecule has 2 aliphatic rings. The minimum absolute atomic E-state index is 0.0204. The van der Waals surface area contributed by atoms with Gasteiger partial charge in [-0.25, -0.2) is 9.18 Å². The van der Waals surface area contributed by atoms with Crippen molar-refractivity contribution >= 4 is 39.3 Å². The third-order valence-corrected chi connectivity index (χ3v) is 6.62. The van der Waals surface area contributed by atoms with Crippen molar-refractivity contribution in [3.8, 4) is 5.75 Å². The first-order valence-corrected chi connectivity index (χ1v) is 12.3. The first-order valence-electron chi connectivity index (χ1n) is 11.5. The highest BCUT2D eigenvalue weighted by atomic mass is 79.9. The molecule has 1 aliphatic carbocycles. The topological polar surface area (TPSA) is 117 Å². The lowest BCUT2D eigenvalue weighted by atomic mass is 9.70. The van der Waals surface area contributed by atoms with Crippen molar-refractivity contribution in [3.63, 3.8) is 0 Å². The Bertz CT molecular complexity index is 1330. The number of ether oxygens (including phenoxy) is 3. The monoisotopic (exact) mass is 572 g/mol. The van der Waals surface area contributed by atoms with Crippen LogP contribution in [0.25, 0.3) is 0 Å². The van der Waals surface area contributed by atoms with Crippen molar-refractivity contribution in [2.45, 2.75) is 32.6 Å². The molecule has 194 valence electrons. The summed E-state index contributed by atoms with van der Waals surface area (Å²) in [5, 5.41) is 2.63. The van der Waals surface area contributed by atoms with E-state index in [0.29, 0.717) is 33.5 Å². The second-order valence-corrected chi connectivity index (χ2v) is 10.5. The van der Waals surface area contributed by atoms with E-state index in [0.717, 1.165) is 0 Å². The minimum atomic E-state index is -0.924. The molecule has 0 aromatic heterocycles. The van der Waals surface area contributed by atoms with Gasteiger partial charge in [0.1, 0.15) is 22.9 Å². The number of hydrogen-bond acceptors (Lipinski definition) is 7. The molecule has 37 heavy (non-hydrogen) atoms. The molecule has 10 heteroatoms. The van der Waals surface area contributed by atoms with Gasteiger partial charge in [-0.3, -0.25) is 9.59 Å². The van der Waals surface area contributed by atoms with Gasteiger partial charge >= 0.3 is 5.97 Å². The Labute approximate surface area is 221 Å². The van der Waals surface area contributed by atoms with Crippen LogP contribution in [-0.2, 0) is 23.9 Å². The molecule has 0 fully saturated rings. The average Bonchev–Trinajstić information content (AvgIpc) is 2.82. The Hall–Kier alpha value is -3.66. The summed E-state index contributed by atoms with van der Waals surface area (Å²) in [6, 6.07) is 10.4. The molecule has 0 bridgehead atoms. The van der Waals surface area contributed by atoms with Gasteiger partial charge < -0.3 is 25.3 Å². The van der Waals surface area contributed by atoms with Gasteiger partial charge in [-0.05, 0) is 47.9 Å². The number of anilines is 1. The number of benzene rings is 2. The molecular formula is C27H26BrFN2O6. The number of nitrogens with two attached hydrogens (primary N) is 1. The zero-order valence-corrected chi connectivity index (χ0v) is 22.1. The van der Waals surface area contributed by atoms with Crippen molar-refractivity contribution in [2.24, 2.45) is 11.1 Å². The summed E-state index contributed by atoms with van der Waals surface area (Å²) in [4.78, 5) is 38.7. The van der Waals surface area contributed by atoms with E-state index in [1.165, 1.54) is 31.4 Å². The molecule has 4 rings (SSSR count). The number of esters is 1. The van der Waals surface area contributed by atoms with Crippen LogP contribution in [-0.4, -0.2) is 31.4 Å². The van der Waals surface area contributed by atoms with Crippen LogP contribution < -0.4 is 15.8 Å². The zero-order chi connectivity index (χ0) is 26.9. The van der Waals surface area contributed by atoms with E-state index in [-0.39, 0.29) is 41.4 Å². The van der Waals surface area contributed by atoms with Crippen LogP contribution in [0.1, 0.15) is 38.2 Å². The molecule has 1 unspecified atom stereocenters. The maximum atomic E-state index is 13.4. The zero-order valence-electron chi connectivity index (χ0n) is 20.5. The highest BCUT2D eigenvalue weighted by Gasteiger charge is 2.45. The second kappa shape index (κ2) is 10.4. The summed E-state index contributed by atoms with van der Waals surface area (Å²) in [6.45, 7) is 3.53. The van der Waals surface area contributed by atoms with Crippen molar-refractivity contribution in [3.05, 3.63) is 81.1 Å². The smallest absolute Gasteiger partial charge is 0.340 e. The standard InChI is InChI=1S/C27H26BrFN2O6/c1-27(2)11-18(32)23-20(12-27)37-25(30)24(26(34)35-3)22(23)17-10-14(28)4-9-19(17)36-13-21(33)31-16-7-5-15(29)6-8-16/h4-10,22H,11-13,30H2,1-3H3,(H,31,33). The number of carbonyl (C=O) groups is 3. The predicted octanol–water partition coefficient (Wildman–Crippen LogP) is 4.71. The number of carbonyl (C=O) groups excluding carboxylic acids is 3. The van der Waals surface area contributed by atoms with E-state index in [1.807, 2.05) is 13.8 Å². The number of rotatable bonds is 6. The molecular weight excluding hydrogens is 547 g/mol. The Balaban J connectivity index is 1.71. The maximum absolute atomic E-state index is 13.4. The lowest BCUT2D eigenvalue weighted by molar-refractivity contribution is -0.136. The van der Waals surface area contributed by atoms with Crippen LogP contribution in [0.15, 0.2) is 69.7 Å². The summed E-state index contributed by atoms with van der Waals surface area (Å²) in [6.07, 6.45) is 0.703. The van der Waals surface area contributed by atoms with E-state index in [1.54, 1.807) is 18.2 Å². The lowest BCUT2D eigenvalue weighted by Crippen LogP contribution is -2.35. The van der Waals surface area contributed by atoms with Crippen molar-refractivity contribution in [1.29, 1.82) is 0 Å². The van der Waals surface area contributed by atoms with E-state index in [9.17, 15) is 18.8 Å². The number of allylic oxidation sites excluding steroid dienone is 2. The van der Waals surface area contributed by atoms with Crippen molar-refractivity contribution in [2.75, 3.05) is 19.0 Å². The summed E-state index contributed by atoms with van der Waals surface area (Å²) >= 11 is 3.44. The SMILES string of the molecule is COC(=O)C1=C(N)OC2=C(C(=O)CC(C)(C)C2)C1c1cc(Br)ccc1OCC(=O)Nc1ccc(F)cc1. The fraction of sp³-hybridized carbons (Fsp3) is 0.296. The molecule has 1 heterocycles. The van der Waals surface area contributed by atoms with Crippen LogP contribution in [0.4, 0.5) is 10.1 Å². The molecule has 0 saturated heterocycles. The van der Waals surface area contributed by atoms with E-state index < -0.39 is 23.6 Å². The highest BCUT2D eigenvalue weighted by molar-refractivity contribution is 9.10. The number of halogens is 2. The van der Waals surface area contributed by atoms with Crippen LogP contribution in [0, 0.1) is 11.2 Å². The number of amides is 1.